The van der Waals surface area contributed by atoms with Crippen molar-refractivity contribution < 1.29 is 34.1 Å². The van der Waals surface area contributed by atoms with Gasteiger partial charge in [0.15, 0.2) is 0 Å². The Bertz CT molecular complexity index is 1290. The summed E-state index contributed by atoms with van der Waals surface area (Å²) >= 11 is 0. The summed E-state index contributed by atoms with van der Waals surface area (Å²) in [6.07, 6.45) is 64.0. The van der Waals surface area contributed by atoms with E-state index in [1.54, 1.807) is 0 Å². The third-order valence-corrected chi connectivity index (χ3v) is 12.0. The molecule has 2 unspecified atom stereocenters. The topological polar surface area (TPSA) is 142 Å². The Morgan fingerprint density at radius 3 is 1.30 bits per heavy atom. The Hall–Kier alpha value is -3.46. The van der Waals surface area contributed by atoms with Crippen LogP contribution in [0.3, 0.4) is 0 Å². The first-order chi connectivity index (χ1) is 32.3. The van der Waals surface area contributed by atoms with Gasteiger partial charge in [-0.05, 0) is 83.5 Å². The monoisotopic (exact) mass is 925 g/mol. The van der Waals surface area contributed by atoms with Crippen LogP contribution in [0.25, 0.3) is 0 Å². The zero-order chi connectivity index (χ0) is 48.2. The van der Waals surface area contributed by atoms with Crippen LogP contribution in [0, 0.1) is 0 Å². The minimum absolute atomic E-state index is 0.0223. The van der Waals surface area contributed by atoms with Gasteiger partial charge < -0.3 is 25.6 Å². The lowest BCUT2D eigenvalue weighted by Crippen LogP contribution is -2.47. The van der Waals surface area contributed by atoms with Gasteiger partial charge in [-0.1, -0.05) is 216 Å². The van der Waals surface area contributed by atoms with E-state index in [1.807, 2.05) is 0 Å². The van der Waals surface area contributed by atoms with Crippen LogP contribution in [0.4, 0.5) is 0 Å². The number of aliphatic hydroxyl groups excluding tert-OH is 1. The molecule has 0 aromatic heterocycles. The van der Waals surface area contributed by atoms with Crippen LogP contribution in [0.1, 0.15) is 251 Å². The van der Waals surface area contributed by atoms with Crippen molar-refractivity contribution in [2.24, 2.45) is 0 Å². The SMILES string of the molecule is CC/C=C\C/C=C\C/C=C\C/C=C\C/C=C\CCCCCCCCCC(=O)OC(CCCCCCCCCCCCCCCCC)CCCCCCCC(=O)NCC(=O)NC(CO)C(=O)O. The van der Waals surface area contributed by atoms with Gasteiger partial charge in [-0.2, -0.15) is 0 Å². The van der Waals surface area contributed by atoms with E-state index in [9.17, 15) is 19.2 Å². The molecule has 0 aromatic rings. The van der Waals surface area contributed by atoms with Gasteiger partial charge in [0.25, 0.3) is 0 Å². The van der Waals surface area contributed by atoms with Gasteiger partial charge in [0.1, 0.15) is 12.1 Å². The zero-order valence-electron chi connectivity index (χ0n) is 42.4. The maximum atomic E-state index is 12.9. The van der Waals surface area contributed by atoms with Gasteiger partial charge in [0.05, 0.1) is 13.2 Å². The Morgan fingerprint density at radius 1 is 0.470 bits per heavy atom. The van der Waals surface area contributed by atoms with E-state index in [0.717, 1.165) is 96.3 Å². The van der Waals surface area contributed by atoms with E-state index >= 15 is 0 Å². The molecule has 2 atom stereocenters. The summed E-state index contributed by atoms with van der Waals surface area (Å²) in [5.74, 6) is -2.29. The molecule has 380 valence electrons. The molecule has 0 aliphatic heterocycles. The molecule has 0 saturated heterocycles. The fourth-order valence-electron chi connectivity index (χ4n) is 7.92. The van der Waals surface area contributed by atoms with Crippen molar-refractivity contribution in [1.82, 2.24) is 10.6 Å². The van der Waals surface area contributed by atoms with Crippen LogP contribution >= 0.6 is 0 Å². The van der Waals surface area contributed by atoms with Crippen molar-refractivity contribution >= 4 is 23.8 Å². The van der Waals surface area contributed by atoms with Crippen LogP contribution in [0.5, 0.6) is 0 Å². The highest BCUT2D eigenvalue weighted by molar-refractivity contribution is 5.87. The predicted octanol–water partition coefficient (Wildman–Crippen LogP) is 14.8. The van der Waals surface area contributed by atoms with E-state index in [2.05, 4.69) is 85.2 Å². The van der Waals surface area contributed by atoms with E-state index in [-0.39, 0.29) is 24.5 Å². The Labute approximate surface area is 404 Å². The van der Waals surface area contributed by atoms with Gasteiger partial charge >= 0.3 is 11.9 Å². The van der Waals surface area contributed by atoms with Crippen molar-refractivity contribution in [2.45, 2.75) is 264 Å². The first kappa shape index (κ1) is 62.5. The third kappa shape index (κ3) is 47.0. The molecule has 4 N–H and O–H groups in total. The van der Waals surface area contributed by atoms with Crippen molar-refractivity contribution in [3.8, 4) is 0 Å². The lowest BCUT2D eigenvalue weighted by Gasteiger charge is -2.18. The molecule has 0 aliphatic rings. The van der Waals surface area contributed by atoms with Gasteiger partial charge in [-0.25, -0.2) is 4.79 Å². The second kappa shape index (κ2) is 50.9. The Morgan fingerprint density at radius 2 is 0.864 bits per heavy atom. The maximum Gasteiger partial charge on any atom is 0.328 e. The molecule has 0 spiro atoms. The molecule has 66 heavy (non-hydrogen) atoms. The summed E-state index contributed by atoms with van der Waals surface area (Å²) in [6.45, 7) is 3.40. The lowest BCUT2D eigenvalue weighted by molar-refractivity contribution is -0.150. The Balaban J connectivity index is 4.30. The molecule has 0 bridgehead atoms. The van der Waals surface area contributed by atoms with E-state index in [4.69, 9.17) is 14.9 Å². The van der Waals surface area contributed by atoms with Gasteiger partial charge in [-0.3, -0.25) is 14.4 Å². The molecule has 0 rings (SSSR count). The number of amides is 2. The van der Waals surface area contributed by atoms with Crippen LogP contribution in [-0.4, -0.2) is 59.3 Å². The number of carbonyl (C=O) groups is 4. The minimum Gasteiger partial charge on any atom is -0.480 e. The molecule has 0 fully saturated rings. The summed E-state index contributed by atoms with van der Waals surface area (Å²) in [7, 11) is 0. The molecule has 2 amide bonds. The van der Waals surface area contributed by atoms with Crippen LogP contribution in [-0.2, 0) is 23.9 Å². The average molecular weight is 925 g/mol. The fourth-order valence-corrected chi connectivity index (χ4v) is 7.92. The number of carboxylic acid groups (broad SMARTS) is 1. The highest BCUT2D eigenvalue weighted by Crippen LogP contribution is 2.19. The van der Waals surface area contributed by atoms with E-state index in [1.165, 1.54) is 122 Å². The van der Waals surface area contributed by atoms with Crippen molar-refractivity contribution in [1.29, 1.82) is 0 Å². The molecule has 9 heteroatoms. The number of unbranched alkanes of at least 4 members (excludes halogenated alkanes) is 25. The van der Waals surface area contributed by atoms with Crippen LogP contribution in [0.2, 0.25) is 0 Å². The van der Waals surface area contributed by atoms with Crippen LogP contribution in [0.15, 0.2) is 60.8 Å². The molecule has 0 heterocycles. The molecular formula is C57H100N2O7. The highest BCUT2D eigenvalue weighted by atomic mass is 16.5. The second-order valence-corrected chi connectivity index (χ2v) is 18.3. The smallest absolute Gasteiger partial charge is 0.328 e. The van der Waals surface area contributed by atoms with Crippen LogP contribution < -0.4 is 10.6 Å². The van der Waals surface area contributed by atoms with Crippen molar-refractivity contribution in [2.75, 3.05) is 13.2 Å². The van der Waals surface area contributed by atoms with E-state index in [0.29, 0.717) is 19.3 Å². The molecule has 0 aliphatic carbocycles. The van der Waals surface area contributed by atoms with Gasteiger partial charge in [0, 0.05) is 12.8 Å². The second-order valence-electron chi connectivity index (χ2n) is 18.3. The first-order valence-corrected chi connectivity index (χ1v) is 27.2. The molecule has 9 nitrogen and oxygen atoms in total. The number of aliphatic carboxylic acids is 1. The number of esters is 1. The summed E-state index contributed by atoms with van der Waals surface area (Å²) in [5, 5.41) is 22.7. The largest absolute Gasteiger partial charge is 0.480 e. The number of rotatable bonds is 49. The van der Waals surface area contributed by atoms with Crippen molar-refractivity contribution in [3.05, 3.63) is 60.8 Å². The van der Waals surface area contributed by atoms with Gasteiger partial charge in [0.2, 0.25) is 11.8 Å². The number of ether oxygens (including phenoxy) is 1. The lowest BCUT2D eigenvalue weighted by atomic mass is 10.0. The molecule has 0 radical (unpaired) electrons. The highest BCUT2D eigenvalue weighted by Gasteiger charge is 2.19. The number of hydrogen-bond acceptors (Lipinski definition) is 6. The summed E-state index contributed by atoms with van der Waals surface area (Å²) in [5.41, 5.74) is 0. The summed E-state index contributed by atoms with van der Waals surface area (Å²) < 4.78 is 6.08. The number of nitrogens with one attached hydrogen (secondary N) is 2. The zero-order valence-corrected chi connectivity index (χ0v) is 42.4. The number of hydrogen-bond donors (Lipinski definition) is 4. The number of carbonyl (C=O) groups excluding carboxylic acids is 3. The molecular weight excluding hydrogens is 825 g/mol. The van der Waals surface area contributed by atoms with Crippen molar-refractivity contribution in [3.63, 3.8) is 0 Å². The number of allylic oxidation sites excluding steroid dienone is 10. The fraction of sp³-hybridized carbons (Fsp3) is 0.754. The van der Waals surface area contributed by atoms with Gasteiger partial charge in [-0.15, -0.1) is 0 Å². The third-order valence-electron chi connectivity index (χ3n) is 12.0. The molecule has 0 saturated carbocycles. The normalized spacial score (nSPS) is 12.9. The summed E-state index contributed by atoms with van der Waals surface area (Å²) in [4.78, 5) is 47.9. The molecule has 0 aromatic carbocycles. The minimum atomic E-state index is -1.39. The maximum absolute atomic E-state index is 12.9. The quantitative estimate of drug-likeness (QED) is 0.0270. The number of carboxylic acids is 1. The van der Waals surface area contributed by atoms with E-state index < -0.39 is 24.5 Å². The number of aliphatic hydroxyl groups is 1. The average Bonchev–Trinajstić information content (AvgIpc) is 3.30. The summed E-state index contributed by atoms with van der Waals surface area (Å²) in [6, 6.07) is -1.39. The Kier molecular flexibility index (Phi) is 48.3. The standard InChI is InChI=1S/C57H100N2O7/c1-3-5-7-9-11-13-15-17-19-20-21-22-23-24-25-26-28-30-32-34-36-41-45-49-56(63)66-52(46-42-38-35-33-31-29-27-18-16-14-12-10-8-6-4-2)47-43-39-37-40-44-48-54(61)58-50-55(62)59-53(51-60)57(64)65/h5,7,11,13,17,19,21-22,24-25,52-53,60H,3-4,6,8-10,12,14-16,18,20,23,26-51H2,1-2H3,(H,58,61)(H,59,62)(H,64,65)/b7-5-,13-11-,19-17-,22-21-,25-24-. The predicted molar refractivity (Wildman–Crippen MR) is 277 cm³/mol. The first-order valence-electron chi connectivity index (χ1n) is 27.2.